The number of nitrogens with zero attached hydrogens (tertiary/aromatic N) is 1. The van der Waals surface area contributed by atoms with Gasteiger partial charge in [0.2, 0.25) is 5.91 Å². The van der Waals surface area contributed by atoms with Crippen molar-refractivity contribution in [2.24, 2.45) is 5.92 Å². The summed E-state index contributed by atoms with van der Waals surface area (Å²) in [5.41, 5.74) is 0. The molecule has 4 nitrogen and oxygen atoms in total. The van der Waals surface area contributed by atoms with Crippen molar-refractivity contribution < 1.29 is 4.79 Å². The molecule has 1 aliphatic heterocycles. The minimum atomic E-state index is 0.0157. The molecule has 1 unspecified atom stereocenters. The lowest BCUT2D eigenvalue weighted by Gasteiger charge is -2.21. The number of aromatic nitrogens is 1. The largest absolute Gasteiger partial charge is 0.316 e. The minimum absolute atomic E-state index is 0.0157. The van der Waals surface area contributed by atoms with Crippen molar-refractivity contribution in [3.8, 4) is 0 Å². The highest BCUT2D eigenvalue weighted by Crippen LogP contribution is 2.14. The molecule has 1 saturated heterocycles. The Bertz CT molecular complexity index is 377. The predicted molar refractivity (Wildman–Crippen MR) is 63.5 cm³/mol. The van der Waals surface area contributed by atoms with Crippen molar-refractivity contribution in [3.05, 3.63) is 23.4 Å². The first-order valence-electron chi connectivity index (χ1n) is 5.40. The Morgan fingerprint density at radius 2 is 2.44 bits per heavy atom. The zero-order valence-corrected chi connectivity index (χ0v) is 9.63. The van der Waals surface area contributed by atoms with Gasteiger partial charge in [-0.2, -0.15) is 0 Å². The van der Waals surface area contributed by atoms with Gasteiger partial charge in [-0.1, -0.05) is 17.7 Å². The van der Waals surface area contributed by atoms with E-state index in [1.54, 1.807) is 18.2 Å². The minimum Gasteiger partial charge on any atom is -0.316 e. The number of pyridine rings is 1. The topological polar surface area (TPSA) is 54.0 Å². The average molecular weight is 240 g/mol. The van der Waals surface area contributed by atoms with Gasteiger partial charge in [-0.3, -0.25) is 4.79 Å². The van der Waals surface area contributed by atoms with Crippen molar-refractivity contribution in [3.63, 3.8) is 0 Å². The van der Waals surface area contributed by atoms with E-state index in [0.717, 1.165) is 25.9 Å². The maximum Gasteiger partial charge on any atom is 0.229 e. The van der Waals surface area contributed by atoms with Crippen LogP contribution in [0.5, 0.6) is 0 Å². The molecule has 5 heteroatoms. The zero-order valence-electron chi connectivity index (χ0n) is 8.87. The first kappa shape index (κ1) is 11.4. The number of amides is 1. The molecule has 1 aromatic rings. The van der Waals surface area contributed by atoms with Gasteiger partial charge >= 0.3 is 0 Å². The van der Waals surface area contributed by atoms with E-state index in [1.807, 2.05) is 0 Å². The molecule has 0 saturated carbocycles. The number of carbonyl (C=O) groups is 1. The molecule has 1 amide bonds. The molecule has 0 bridgehead atoms. The summed E-state index contributed by atoms with van der Waals surface area (Å²) in [6, 6.07) is 5.18. The second-order valence-electron chi connectivity index (χ2n) is 3.88. The van der Waals surface area contributed by atoms with Crippen LogP contribution in [-0.2, 0) is 4.79 Å². The average Bonchev–Trinajstić information content (AvgIpc) is 2.30. The van der Waals surface area contributed by atoms with Gasteiger partial charge in [-0.15, -0.1) is 0 Å². The summed E-state index contributed by atoms with van der Waals surface area (Å²) < 4.78 is 0. The molecule has 86 valence electrons. The Kier molecular flexibility index (Phi) is 3.74. The maximum absolute atomic E-state index is 11.8. The standard InChI is InChI=1S/C11H14ClN3O/c12-9-4-1-5-10(14-9)15-11(16)8-3-2-6-13-7-8/h1,4-5,8,13H,2-3,6-7H2,(H,14,15,16). The number of rotatable bonds is 2. The second-order valence-corrected chi connectivity index (χ2v) is 4.27. The molecule has 1 atom stereocenters. The fourth-order valence-electron chi connectivity index (χ4n) is 1.78. The van der Waals surface area contributed by atoms with E-state index in [-0.39, 0.29) is 11.8 Å². The number of piperidine rings is 1. The summed E-state index contributed by atoms with van der Waals surface area (Å²) in [6.07, 6.45) is 1.97. The van der Waals surface area contributed by atoms with E-state index in [1.165, 1.54) is 0 Å². The van der Waals surface area contributed by atoms with E-state index in [4.69, 9.17) is 11.6 Å². The molecular weight excluding hydrogens is 226 g/mol. The van der Waals surface area contributed by atoms with E-state index in [0.29, 0.717) is 11.0 Å². The zero-order chi connectivity index (χ0) is 11.4. The van der Waals surface area contributed by atoms with E-state index in [9.17, 15) is 4.79 Å². The molecule has 1 aliphatic rings. The molecule has 2 N–H and O–H groups in total. The Morgan fingerprint density at radius 3 is 3.12 bits per heavy atom. The molecule has 0 radical (unpaired) electrons. The lowest BCUT2D eigenvalue weighted by atomic mass is 9.99. The van der Waals surface area contributed by atoms with Crippen molar-refractivity contribution in [2.75, 3.05) is 18.4 Å². The molecule has 0 spiro atoms. The van der Waals surface area contributed by atoms with Crippen LogP contribution in [0.2, 0.25) is 5.15 Å². The highest BCUT2D eigenvalue weighted by atomic mass is 35.5. The lowest BCUT2D eigenvalue weighted by Crippen LogP contribution is -2.37. The predicted octanol–water partition coefficient (Wildman–Crippen LogP) is 1.67. The highest BCUT2D eigenvalue weighted by Gasteiger charge is 2.20. The van der Waals surface area contributed by atoms with Crippen LogP contribution in [-0.4, -0.2) is 24.0 Å². The quantitative estimate of drug-likeness (QED) is 0.772. The summed E-state index contributed by atoms with van der Waals surface area (Å²) in [7, 11) is 0. The fraction of sp³-hybridized carbons (Fsp3) is 0.455. The third-order valence-electron chi connectivity index (χ3n) is 2.63. The molecule has 1 fully saturated rings. The van der Waals surface area contributed by atoms with Crippen LogP contribution < -0.4 is 10.6 Å². The third kappa shape index (κ3) is 2.93. The third-order valence-corrected chi connectivity index (χ3v) is 2.84. The Labute approximate surface area is 99.4 Å². The van der Waals surface area contributed by atoms with E-state index < -0.39 is 0 Å². The Balaban J connectivity index is 1.96. The van der Waals surface area contributed by atoms with E-state index >= 15 is 0 Å². The van der Waals surface area contributed by atoms with Crippen LogP contribution in [0.4, 0.5) is 5.82 Å². The summed E-state index contributed by atoms with van der Waals surface area (Å²) in [6.45, 7) is 1.74. The summed E-state index contributed by atoms with van der Waals surface area (Å²) in [5.74, 6) is 0.569. The second kappa shape index (κ2) is 5.27. The number of hydrogen-bond acceptors (Lipinski definition) is 3. The smallest absolute Gasteiger partial charge is 0.229 e. The van der Waals surface area contributed by atoms with Crippen LogP contribution in [0.3, 0.4) is 0 Å². The highest BCUT2D eigenvalue weighted by molar-refractivity contribution is 6.29. The fourth-order valence-corrected chi connectivity index (χ4v) is 1.95. The van der Waals surface area contributed by atoms with Crippen molar-refractivity contribution >= 4 is 23.3 Å². The molecule has 2 rings (SSSR count). The number of halogens is 1. The van der Waals surface area contributed by atoms with Gasteiger partial charge in [0.15, 0.2) is 0 Å². The van der Waals surface area contributed by atoms with Gasteiger partial charge in [-0.05, 0) is 31.5 Å². The van der Waals surface area contributed by atoms with Crippen molar-refractivity contribution in [2.45, 2.75) is 12.8 Å². The van der Waals surface area contributed by atoms with Gasteiger partial charge < -0.3 is 10.6 Å². The van der Waals surface area contributed by atoms with Gasteiger partial charge in [0.25, 0.3) is 0 Å². The van der Waals surface area contributed by atoms with Crippen LogP contribution in [0.25, 0.3) is 0 Å². The molecule has 16 heavy (non-hydrogen) atoms. The van der Waals surface area contributed by atoms with Crippen LogP contribution in [0.15, 0.2) is 18.2 Å². The van der Waals surface area contributed by atoms with Gasteiger partial charge in [-0.25, -0.2) is 4.98 Å². The number of hydrogen-bond donors (Lipinski definition) is 2. The summed E-state index contributed by atoms with van der Waals surface area (Å²) >= 11 is 5.74. The van der Waals surface area contributed by atoms with Gasteiger partial charge in [0.1, 0.15) is 11.0 Å². The number of nitrogens with one attached hydrogen (secondary N) is 2. The summed E-state index contributed by atoms with van der Waals surface area (Å²) in [4.78, 5) is 15.9. The monoisotopic (exact) mass is 239 g/mol. The van der Waals surface area contributed by atoms with Crippen molar-refractivity contribution in [1.29, 1.82) is 0 Å². The lowest BCUT2D eigenvalue weighted by molar-refractivity contribution is -0.120. The molecule has 2 heterocycles. The SMILES string of the molecule is O=C(Nc1cccc(Cl)n1)C1CCCNC1. The van der Waals surface area contributed by atoms with Crippen LogP contribution in [0.1, 0.15) is 12.8 Å². The van der Waals surface area contributed by atoms with Crippen LogP contribution >= 0.6 is 11.6 Å². The van der Waals surface area contributed by atoms with Gasteiger partial charge in [0, 0.05) is 6.54 Å². The van der Waals surface area contributed by atoms with Crippen LogP contribution in [0, 0.1) is 5.92 Å². The molecule has 0 aromatic carbocycles. The van der Waals surface area contributed by atoms with Crippen molar-refractivity contribution in [1.82, 2.24) is 10.3 Å². The maximum atomic E-state index is 11.8. The number of anilines is 1. The molecular formula is C11H14ClN3O. The number of carbonyl (C=O) groups excluding carboxylic acids is 1. The Morgan fingerprint density at radius 1 is 1.56 bits per heavy atom. The van der Waals surface area contributed by atoms with Gasteiger partial charge in [0.05, 0.1) is 5.92 Å². The Hall–Kier alpha value is -1.13. The van der Waals surface area contributed by atoms with E-state index in [2.05, 4.69) is 15.6 Å². The first-order chi connectivity index (χ1) is 7.75. The molecule has 1 aromatic heterocycles. The normalized spacial score (nSPS) is 20.4. The molecule has 0 aliphatic carbocycles. The first-order valence-corrected chi connectivity index (χ1v) is 5.77. The summed E-state index contributed by atoms with van der Waals surface area (Å²) in [5, 5.41) is 6.37.